The van der Waals surface area contributed by atoms with Crippen LogP contribution in [0.3, 0.4) is 0 Å². The lowest BCUT2D eigenvalue weighted by Crippen LogP contribution is -2.47. The third kappa shape index (κ3) is 2.43. The summed E-state index contributed by atoms with van der Waals surface area (Å²) in [7, 11) is 2.17. The van der Waals surface area contributed by atoms with Gasteiger partial charge >= 0.3 is 0 Å². The van der Waals surface area contributed by atoms with E-state index in [1.54, 1.807) is 0 Å². The van der Waals surface area contributed by atoms with Crippen molar-refractivity contribution in [1.29, 1.82) is 0 Å². The minimum atomic E-state index is -0.0541. The molecule has 4 nitrogen and oxygen atoms in total. The molecule has 1 aliphatic carbocycles. The van der Waals surface area contributed by atoms with Crippen molar-refractivity contribution >= 4 is 22.4 Å². The van der Waals surface area contributed by atoms with Gasteiger partial charge in [0.2, 0.25) is 5.91 Å². The Labute approximate surface area is 155 Å². The first kappa shape index (κ1) is 17.3. The van der Waals surface area contributed by atoms with Gasteiger partial charge in [-0.25, -0.2) is 0 Å². The van der Waals surface area contributed by atoms with E-state index in [0.29, 0.717) is 6.04 Å². The van der Waals surface area contributed by atoms with E-state index in [9.17, 15) is 4.79 Å². The number of aromatic nitrogens is 1. The Balaban J connectivity index is 1.88. The third-order valence-electron chi connectivity index (χ3n) is 6.42. The molecule has 2 atom stereocenters. The van der Waals surface area contributed by atoms with Crippen molar-refractivity contribution in [2.75, 3.05) is 26.7 Å². The Bertz CT molecular complexity index is 904. The van der Waals surface area contributed by atoms with E-state index in [4.69, 9.17) is 0 Å². The van der Waals surface area contributed by atoms with E-state index in [2.05, 4.69) is 63.0 Å². The molecule has 1 aliphatic heterocycles. The number of aromatic amines is 1. The van der Waals surface area contributed by atoms with E-state index in [1.165, 1.54) is 38.7 Å². The highest BCUT2D eigenvalue weighted by Gasteiger charge is 2.37. The summed E-state index contributed by atoms with van der Waals surface area (Å²) in [6.45, 7) is 10.9. The van der Waals surface area contributed by atoms with E-state index < -0.39 is 0 Å². The summed E-state index contributed by atoms with van der Waals surface area (Å²) in [6.07, 6.45) is 5.47. The molecule has 1 amide bonds. The second-order valence-electron chi connectivity index (χ2n) is 7.83. The zero-order valence-corrected chi connectivity index (χ0v) is 16.5. The SMILES string of the molecule is CCN(CC)C(=O)[C@@H]1C=C2c3c(C)c(C)cc4[nH]cc(c34)C[C@H]2N(C)C1. The molecule has 2 aliphatic rings. The van der Waals surface area contributed by atoms with Crippen LogP contribution in [0, 0.1) is 19.8 Å². The number of H-pyrrole nitrogens is 1. The molecule has 2 heterocycles. The van der Waals surface area contributed by atoms with Crippen molar-refractivity contribution in [2.45, 2.75) is 40.2 Å². The average Bonchev–Trinajstić information content (AvgIpc) is 3.02. The summed E-state index contributed by atoms with van der Waals surface area (Å²) < 4.78 is 0. The molecule has 0 unspecified atom stereocenters. The number of benzene rings is 1. The van der Waals surface area contributed by atoms with Crippen LogP contribution in [0.1, 0.15) is 36.1 Å². The molecule has 0 radical (unpaired) electrons. The van der Waals surface area contributed by atoms with Gasteiger partial charge < -0.3 is 9.88 Å². The summed E-state index contributed by atoms with van der Waals surface area (Å²) in [6, 6.07) is 2.62. The maximum absolute atomic E-state index is 13.0. The number of nitrogens with zero attached hydrogens (tertiary/aromatic N) is 2. The highest BCUT2D eigenvalue weighted by molar-refractivity contribution is 6.01. The number of hydrogen-bond donors (Lipinski definition) is 1. The molecule has 0 spiro atoms. The Morgan fingerprint density at radius 2 is 2.04 bits per heavy atom. The van der Waals surface area contributed by atoms with Crippen LogP contribution in [0.2, 0.25) is 0 Å². The number of fused-ring (bicyclic) bond motifs is 2. The molecular weight excluding hydrogens is 322 g/mol. The number of nitrogens with one attached hydrogen (secondary N) is 1. The van der Waals surface area contributed by atoms with Crippen molar-refractivity contribution in [1.82, 2.24) is 14.8 Å². The molecule has 0 fully saturated rings. The van der Waals surface area contributed by atoms with Gasteiger partial charge in [0.25, 0.3) is 0 Å². The third-order valence-corrected chi connectivity index (χ3v) is 6.42. The van der Waals surface area contributed by atoms with Gasteiger partial charge in [0.15, 0.2) is 0 Å². The average molecular weight is 351 g/mol. The number of amides is 1. The van der Waals surface area contributed by atoms with Gasteiger partial charge in [0.05, 0.1) is 5.92 Å². The van der Waals surface area contributed by atoms with Crippen LogP contribution in [0.4, 0.5) is 0 Å². The Morgan fingerprint density at radius 3 is 2.73 bits per heavy atom. The summed E-state index contributed by atoms with van der Waals surface area (Å²) in [5, 5.41) is 1.36. The molecular formula is C22H29N3O. The monoisotopic (exact) mass is 351 g/mol. The number of carbonyl (C=O) groups is 1. The largest absolute Gasteiger partial charge is 0.361 e. The topological polar surface area (TPSA) is 39.3 Å². The van der Waals surface area contributed by atoms with Crippen LogP contribution in [0.25, 0.3) is 16.5 Å². The van der Waals surface area contributed by atoms with Crippen LogP contribution in [0.15, 0.2) is 18.3 Å². The first-order valence-electron chi connectivity index (χ1n) is 9.77. The number of rotatable bonds is 3. The predicted molar refractivity (Wildman–Crippen MR) is 107 cm³/mol. The van der Waals surface area contributed by atoms with Gasteiger partial charge in [0, 0.05) is 42.8 Å². The number of aryl methyl sites for hydroxylation is 1. The fourth-order valence-corrected chi connectivity index (χ4v) is 4.82. The molecule has 138 valence electrons. The molecule has 4 heteroatoms. The van der Waals surface area contributed by atoms with Gasteiger partial charge in [-0.05, 0) is 75.1 Å². The van der Waals surface area contributed by atoms with Crippen LogP contribution in [-0.2, 0) is 11.2 Å². The van der Waals surface area contributed by atoms with E-state index in [-0.39, 0.29) is 11.8 Å². The van der Waals surface area contributed by atoms with Crippen molar-refractivity contribution in [3.63, 3.8) is 0 Å². The molecule has 4 rings (SSSR count). The fraction of sp³-hybridized carbons (Fsp3) is 0.500. The lowest BCUT2D eigenvalue weighted by molar-refractivity contribution is -0.134. The minimum absolute atomic E-state index is 0.0541. The maximum atomic E-state index is 13.0. The molecule has 0 saturated heterocycles. The zero-order valence-electron chi connectivity index (χ0n) is 16.5. The molecule has 26 heavy (non-hydrogen) atoms. The maximum Gasteiger partial charge on any atom is 0.230 e. The molecule has 1 aromatic carbocycles. The molecule has 1 N–H and O–H groups in total. The fourth-order valence-electron chi connectivity index (χ4n) is 4.82. The van der Waals surface area contributed by atoms with Crippen LogP contribution >= 0.6 is 0 Å². The van der Waals surface area contributed by atoms with Crippen LogP contribution in [-0.4, -0.2) is 53.4 Å². The van der Waals surface area contributed by atoms with Crippen LogP contribution in [0.5, 0.6) is 0 Å². The van der Waals surface area contributed by atoms with Crippen LogP contribution < -0.4 is 0 Å². The van der Waals surface area contributed by atoms with Gasteiger partial charge in [-0.1, -0.05) is 6.08 Å². The molecule has 0 saturated carbocycles. The number of likely N-dealkylation sites (N-methyl/N-ethyl adjacent to an activating group) is 1. The lowest BCUT2D eigenvalue weighted by Gasteiger charge is -2.41. The smallest absolute Gasteiger partial charge is 0.230 e. The quantitative estimate of drug-likeness (QED) is 0.919. The number of hydrogen-bond acceptors (Lipinski definition) is 2. The van der Waals surface area contributed by atoms with E-state index in [0.717, 1.165) is 26.1 Å². The van der Waals surface area contributed by atoms with Gasteiger partial charge in [0.1, 0.15) is 0 Å². The van der Waals surface area contributed by atoms with Gasteiger partial charge in [-0.3, -0.25) is 9.69 Å². The summed E-state index contributed by atoms with van der Waals surface area (Å²) in [4.78, 5) is 20.8. The Kier molecular flexibility index (Phi) is 4.19. The van der Waals surface area contributed by atoms with Gasteiger partial charge in [-0.15, -0.1) is 0 Å². The second kappa shape index (κ2) is 6.27. The van der Waals surface area contributed by atoms with E-state index >= 15 is 0 Å². The van der Waals surface area contributed by atoms with Crippen molar-refractivity contribution in [3.8, 4) is 0 Å². The molecule has 1 aromatic heterocycles. The Morgan fingerprint density at radius 1 is 1.31 bits per heavy atom. The highest BCUT2D eigenvalue weighted by atomic mass is 16.2. The van der Waals surface area contributed by atoms with Crippen molar-refractivity contribution in [2.24, 2.45) is 5.92 Å². The Hall–Kier alpha value is -2.07. The summed E-state index contributed by atoms with van der Waals surface area (Å²) in [5.41, 5.74) is 7.98. The predicted octanol–water partition coefficient (Wildman–Crippen LogP) is 3.52. The minimum Gasteiger partial charge on any atom is -0.361 e. The van der Waals surface area contributed by atoms with Gasteiger partial charge in [-0.2, -0.15) is 0 Å². The first-order valence-corrected chi connectivity index (χ1v) is 9.77. The molecule has 0 bridgehead atoms. The van der Waals surface area contributed by atoms with Crippen molar-refractivity contribution < 1.29 is 4.79 Å². The standard InChI is InChI=1S/C22H29N3O/c1-6-25(7-2)22(26)16-9-17-19(24(5)12-16)10-15-11-23-18-8-13(3)14(4)20(17)21(15)18/h8-9,11,16,19,23H,6-7,10,12H2,1-5H3/t16-,19-/m1/s1. The summed E-state index contributed by atoms with van der Waals surface area (Å²) in [5.74, 6) is 0.204. The zero-order chi connectivity index (χ0) is 18.6. The van der Waals surface area contributed by atoms with Crippen molar-refractivity contribution in [3.05, 3.63) is 40.6 Å². The molecule has 2 aromatic rings. The number of carbonyl (C=O) groups excluding carboxylic acids is 1. The lowest BCUT2D eigenvalue weighted by atomic mass is 9.77. The normalized spacial score (nSPS) is 22.3. The summed E-state index contributed by atoms with van der Waals surface area (Å²) >= 11 is 0. The second-order valence-corrected chi connectivity index (χ2v) is 7.83. The highest BCUT2D eigenvalue weighted by Crippen LogP contribution is 2.43. The van der Waals surface area contributed by atoms with E-state index in [1.807, 2.05) is 4.90 Å². The first-order chi connectivity index (χ1) is 12.5.